The second-order valence-electron chi connectivity index (χ2n) is 6.09. The van der Waals surface area contributed by atoms with E-state index in [9.17, 15) is 5.11 Å². The number of halogens is 2. The molecule has 1 fully saturated rings. The van der Waals surface area contributed by atoms with Crippen LogP contribution in [0.3, 0.4) is 0 Å². The largest absolute Gasteiger partial charge is 0.489 e. The minimum atomic E-state index is -0.483. The number of quaternary nitrogens is 1. The summed E-state index contributed by atoms with van der Waals surface area (Å²) in [4.78, 5) is 1.48. The molecule has 1 aromatic rings. The molecule has 1 aliphatic rings. The van der Waals surface area contributed by atoms with Gasteiger partial charge in [-0.2, -0.15) is 0 Å². The Morgan fingerprint density at radius 3 is 2.64 bits per heavy atom. The third-order valence-corrected chi connectivity index (χ3v) is 4.99. The molecule has 0 aliphatic heterocycles. The van der Waals surface area contributed by atoms with E-state index in [1.54, 1.807) is 18.2 Å². The summed E-state index contributed by atoms with van der Waals surface area (Å²) in [5, 5.41) is 11.3. The molecule has 2 N–H and O–H groups in total. The summed E-state index contributed by atoms with van der Waals surface area (Å²) in [6, 6.07) is 5.81. The number of ether oxygens (including phenoxy) is 1. The summed E-state index contributed by atoms with van der Waals surface area (Å²) >= 11 is 11.9. The minimum Gasteiger partial charge on any atom is -0.489 e. The van der Waals surface area contributed by atoms with Crippen molar-refractivity contribution in [3.63, 3.8) is 0 Å². The van der Waals surface area contributed by atoms with Crippen molar-refractivity contribution in [1.29, 1.82) is 0 Å². The van der Waals surface area contributed by atoms with Gasteiger partial charge in [-0.1, -0.05) is 29.6 Å². The van der Waals surface area contributed by atoms with Gasteiger partial charge in [0.2, 0.25) is 0 Å². The number of hydrogen-bond acceptors (Lipinski definition) is 2. The summed E-state index contributed by atoms with van der Waals surface area (Å²) < 4.78 is 5.63. The van der Waals surface area contributed by atoms with E-state index in [1.807, 2.05) is 0 Å². The third kappa shape index (κ3) is 5.31. The predicted molar refractivity (Wildman–Crippen MR) is 91.2 cm³/mol. The zero-order valence-electron chi connectivity index (χ0n) is 13.2. The van der Waals surface area contributed by atoms with Gasteiger partial charge in [-0.15, -0.1) is 0 Å². The summed E-state index contributed by atoms with van der Waals surface area (Å²) in [6.45, 7) is 4.22. The number of nitrogens with one attached hydrogen (secondary N) is 1. The highest BCUT2D eigenvalue weighted by Gasteiger charge is 2.25. The summed E-state index contributed by atoms with van der Waals surface area (Å²) in [6.07, 6.45) is 6.07. The fourth-order valence-electron chi connectivity index (χ4n) is 3.25. The van der Waals surface area contributed by atoms with Gasteiger partial charge >= 0.3 is 0 Å². The number of likely N-dealkylation sites (N-methyl/N-ethyl adjacent to an activating group) is 1. The molecule has 3 nitrogen and oxygen atoms in total. The minimum absolute atomic E-state index is 0.261. The normalized spacial score (nSPS) is 18.9. The number of aliphatic hydroxyl groups is 1. The predicted octanol–water partition coefficient (Wildman–Crippen LogP) is 2.97. The van der Waals surface area contributed by atoms with E-state index in [2.05, 4.69) is 6.92 Å². The van der Waals surface area contributed by atoms with Crippen LogP contribution in [0.2, 0.25) is 10.0 Å². The number of rotatable bonds is 7. The van der Waals surface area contributed by atoms with E-state index in [4.69, 9.17) is 27.9 Å². The van der Waals surface area contributed by atoms with Crippen molar-refractivity contribution in [2.75, 3.05) is 19.7 Å². The Morgan fingerprint density at radius 1 is 1.27 bits per heavy atom. The first-order valence-electron chi connectivity index (χ1n) is 8.20. The second-order valence-corrected chi connectivity index (χ2v) is 6.93. The first-order valence-corrected chi connectivity index (χ1v) is 8.96. The van der Waals surface area contributed by atoms with E-state index < -0.39 is 6.10 Å². The molecule has 1 aliphatic carbocycles. The summed E-state index contributed by atoms with van der Waals surface area (Å²) in [5.74, 6) is 0.570. The lowest BCUT2D eigenvalue weighted by atomic mass is 9.94. The number of benzene rings is 1. The molecule has 0 saturated heterocycles. The van der Waals surface area contributed by atoms with Crippen LogP contribution in [0, 0.1) is 0 Å². The van der Waals surface area contributed by atoms with Crippen LogP contribution in [0.5, 0.6) is 5.75 Å². The molecule has 0 radical (unpaired) electrons. The van der Waals surface area contributed by atoms with Gasteiger partial charge in [0.1, 0.15) is 25.0 Å². The van der Waals surface area contributed by atoms with E-state index in [0.29, 0.717) is 21.8 Å². The van der Waals surface area contributed by atoms with Crippen molar-refractivity contribution in [3.8, 4) is 5.75 Å². The molecular weight excluding hydrogens is 321 g/mol. The fourth-order valence-corrected chi connectivity index (χ4v) is 3.71. The molecule has 2 rings (SSSR count). The smallest absolute Gasteiger partial charge is 0.138 e. The molecule has 0 bridgehead atoms. The highest BCUT2D eigenvalue weighted by Crippen LogP contribution is 2.27. The molecule has 1 saturated carbocycles. The monoisotopic (exact) mass is 346 g/mol. The Labute approximate surface area is 143 Å². The Hall–Kier alpha value is -0.480. The van der Waals surface area contributed by atoms with Crippen molar-refractivity contribution in [3.05, 3.63) is 28.2 Å². The molecule has 0 spiro atoms. The lowest BCUT2D eigenvalue weighted by molar-refractivity contribution is -0.928. The highest BCUT2D eigenvalue weighted by atomic mass is 35.5. The van der Waals surface area contributed by atoms with Crippen molar-refractivity contribution in [1.82, 2.24) is 0 Å². The van der Waals surface area contributed by atoms with Crippen LogP contribution in [-0.2, 0) is 0 Å². The van der Waals surface area contributed by atoms with Crippen molar-refractivity contribution >= 4 is 23.2 Å². The number of aliphatic hydroxyl groups excluding tert-OH is 1. The van der Waals surface area contributed by atoms with Crippen molar-refractivity contribution in [2.45, 2.75) is 51.2 Å². The maximum Gasteiger partial charge on any atom is 0.138 e. The number of hydrogen-bond donors (Lipinski definition) is 2. The van der Waals surface area contributed by atoms with Crippen LogP contribution in [0.1, 0.15) is 39.0 Å². The lowest BCUT2D eigenvalue weighted by Gasteiger charge is -2.31. The average molecular weight is 347 g/mol. The third-order valence-electron chi connectivity index (χ3n) is 4.46. The zero-order chi connectivity index (χ0) is 15.9. The topological polar surface area (TPSA) is 33.9 Å². The maximum absolute atomic E-state index is 10.3. The quantitative estimate of drug-likeness (QED) is 0.795. The van der Waals surface area contributed by atoms with Gasteiger partial charge in [-0.3, -0.25) is 0 Å². The Kier molecular flexibility index (Phi) is 7.29. The van der Waals surface area contributed by atoms with E-state index in [1.165, 1.54) is 37.0 Å². The van der Waals surface area contributed by atoms with Gasteiger partial charge in [0.25, 0.3) is 0 Å². The molecule has 0 aromatic heterocycles. The van der Waals surface area contributed by atoms with Gasteiger partial charge in [-0.05, 0) is 50.8 Å². The molecule has 22 heavy (non-hydrogen) atoms. The van der Waals surface area contributed by atoms with Gasteiger partial charge in [0, 0.05) is 5.02 Å². The van der Waals surface area contributed by atoms with Crippen molar-refractivity contribution < 1.29 is 14.7 Å². The van der Waals surface area contributed by atoms with E-state index >= 15 is 0 Å². The summed E-state index contributed by atoms with van der Waals surface area (Å²) in [7, 11) is 0. The van der Waals surface area contributed by atoms with Gasteiger partial charge in [0.15, 0.2) is 0 Å². The average Bonchev–Trinajstić information content (AvgIpc) is 2.52. The first kappa shape index (κ1) is 17.9. The van der Waals surface area contributed by atoms with Crippen LogP contribution in [-0.4, -0.2) is 36.9 Å². The van der Waals surface area contributed by atoms with Gasteiger partial charge < -0.3 is 14.7 Å². The maximum atomic E-state index is 10.3. The summed E-state index contributed by atoms with van der Waals surface area (Å²) in [5.41, 5.74) is 0. The molecule has 0 amide bonds. The van der Waals surface area contributed by atoms with Crippen LogP contribution >= 0.6 is 23.2 Å². The van der Waals surface area contributed by atoms with Gasteiger partial charge in [-0.25, -0.2) is 0 Å². The highest BCUT2D eigenvalue weighted by molar-refractivity contribution is 6.35. The molecular formula is C17H26Cl2NO2+. The Bertz CT molecular complexity index is 464. The zero-order valence-corrected chi connectivity index (χ0v) is 14.7. The van der Waals surface area contributed by atoms with Crippen LogP contribution < -0.4 is 9.64 Å². The van der Waals surface area contributed by atoms with Crippen LogP contribution in [0.25, 0.3) is 0 Å². The van der Waals surface area contributed by atoms with Crippen molar-refractivity contribution in [2.24, 2.45) is 0 Å². The molecule has 5 heteroatoms. The lowest BCUT2D eigenvalue weighted by Crippen LogP contribution is -3.16. The van der Waals surface area contributed by atoms with E-state index in [0.717, 1.165) is 13.1 Å². The molecule has 2 atom stereocenters. The van der Waals surface area contributed by atoms with Crippen LogP contribution in [0.15, 0.2) is 18.2 Å². The molecule has 1 aromatic carbocycles. The van der Waals surface area contributed by atoms with Crippen LogP contribution in [0.4, 0.5) is 0 Å². The SMILES string of the molecule is CC[NH+](C[C@H](O)COc1ccc(Cl)cc1Cl)C1CCCCC1. The fraction of sp³-hybridized carbons (Fsp3) is 0.647. The Balaban J connectivity index is 1.81. The molecule has 1 unspecified atom stereocenters. The first-order chi connectivity index (χ1) is 10.6. The standard InChI is InChI=1S/C17H25Cl2NO2/c1-2-20(14-6-4-3-5-7-14)11-15(21)12-22-17-9-8-13(18)10-16(17)19/h8-10,14-15,21H,2-7,11-12H2,1H3/p+1/t15-/m0/s1. The van der Waals surface area contributed by atoms with E-state index in [-0.39, 0.29) is 6.61 Å². The second kappa shape index (κ2) is 8.97. The molecule has 0 heterocycles. The molecule has 124 valence electrons. The Morgan fingerprint density at radius 2 is 2.00 bits per heavy atom. The van der Waals surface area contributed by atoms with Gasteiger partial charge in [0.05, 0.1) is 17.6 Å².